The van der Waals surface area contributed by atoms with Gasteiger partial charge in [0.15, 0.2) is 0 Å². The van der Waals surface area contributed by atoms with Crippen LogP contribution in [0.4, 0.5) is 0 Å². The highest BCUT2D eigenvalue weighted by atomic mass is 16.4. The number of nitrogens with one attached hydrogen (secondary N) is 6. The van der Waals surface area contributed by atoms with Crippen molar-refractivity contribution in [3.8, 4) is 0 Å². The van der Waals surface area contributed by atoms with Gasteiger partial charge in [0.2, 0.25) is 29.5 Å². The average molecular weight is 599 g/mol. The van der Waals surface area contributed by atoms with E-state index < -0.39 is 72.1 Å². The highest BCUT2D eigenvalue weighted by Crippen LogP contribution is 2.20. The summed E-state index contributed by atoms with van der Waals surface area (Å²) >= 11 is 0. The molecule has 1 saturated heterocycles. The van der Waals surface area contributed by atoms with Crippen LogP contribution in [0.1, 0.15) is 59.4 Å². The predicted molar refractivity (Wildman–Crippen MR) is 158 cm³/mol. The van der Waals surface area contributed by atoms with Gasteiger partial charge in [-0.25, -0.2) is 0 Å². The second kappa shape index (κ2) is 14.7. The molecule has 13 nitrogen and oxygen atoms in total. The fourth-order valence-corrected chi connectivity index (χ4v) is 4.97. The molecular weight excluding hydrogens is 556 g/mol. The molecule has 234 valence electrons. The Morgan fingerprint density at radius 1 is 0.791 bits per heavy atom. The van der Waals surface area contributed by atoms with Crippen LogP contribution in [0.5, 0.6) is 0 Å². The van der Waals surface area contributed by atoms with Crippen molar-refractivity contribution in [2.75, 3.05) is 0 Å². The Balaban J connectivity index is 2.04. The first-order valence-corrected chi connectivity index (χ1v) is 14.5. The topological polar surface area (TPSA) is 199 Å². The van der Waals surface area contributed by atoms with E-state index in [1.165, 1.54) is 6.92 Å². The molecule has 0 spiro atoms. The van der Waals surface area contributed by atoms with E-state index >= 15 is 0 Å². The zero-order valence-corrected chi connectivity index (χ0v) is 25.2. The van der Waals surface area contributed by atoms with Gasteiger partial charge in [-0.1, -0.05) is 45.9 Å². The highest BCUT2D eigenvalue weighted by molar-refractivity contribution is 5.98. The fourth-order valence-electron chi connectivity index (χ4n) is 4.97. The maximum Gasteiger partial charge on any atom is 0.303 e. The van der Waals surface area contributed by atoms with Crippen LogP contribution in [0, 0.1) is 11.8 Å². The van der Waals surface area contributed by atoms with Crippen molar-refractivity contribution in [3.05, 3.63) is 36.0 Å². The van der Waals surface area contributed by atoms with Gasteiger partial charge in [-0.3, -0.25) is 28.8 Å². The van der Waals surface area contributed by atoms with Gasteiger partial charge in [0, 0.05) is 29.9 Å². The first-order valence-electron chi connectivity index (χ1n) is 14.5. The number of carbonyl (C=O) groups is 6. The van der Waals surface area contributed by atoms with Crippen molar-refractivity contribution in [2.45, 2.75) is 90.5 Å². The average Bonchev–Trinajstić information content (AvgIpc) is 3.34. The Labute approximate surface area is 250 Å². The highest BCUT2D eigenvalue weighted by Gasteiger charge is 2.35. The van der Waals surface area contributed by atoms with Gasteiger partial charge in [-0.2, -0.15) is 0 Å². The number of carboxylic acid groups (broad SMARTS) is 1. The lowest BCUT2D eigenvalue weighted by molar-refractivity contribution is -0.138. The van der Waals surface area contributed by atoms with Gasteiger partial charge < -0.3 is 36.7 Å². The smallest absolute Gasteiger partial charge is 0.303 e. The molecule has 2 heterocycles. The van der Waals surface area contributed by atoms with Crippen molar-refractivity contribution in [1.29, 1.82) is 0 Å². The molecule has 13 heteroatoms. The van der Waals surface area contributed by atoms with Crippen molar-refractivity contribution in [2.24, 2.45) is 11.8 Å². The molecule has 43 heavy (non-hydrogen) atoms. The first-order chi connectivity index (χ1) is 20.3. The molecule has 3 rings (SSSR count). The fraction of sp³-hybridized carbons (Fsp3) is 0.533. The summed E-state index contributed by atoms with van der Waals surface area (Å²) in [6.45, 7) is 8.67. The summed E-state index contributed by atoms with van der Waals surface area (Å²) in [5.41, 5.74) is 1.56. The number of aliphatic carboxylic acids is 1. The van der Waals surface area contributed by atoms with Gasteiger partial charge in [0.1, 0.15) is 30.2 Å². The number of para-hydroxylation sites is 1. The number of benzene rings is 1. The van der Waals surface area contributed by atoms with Crippen LogP contribution in [-0.4, -0.2) is 75.8 Å². The number of hydrogen-bond donors (Lipinski definition) is 7. The lowest BCUT2D eigenvalue weighted by Gasteiger charge is -2.27. The Morgan fingerprint density at radius 3 is 2.05 bits per heavy atom. The quantitative estimate of drug-likeness (QED) is 0.232. The van der Waals surface area contributed by atoms with Crippen LogP contribution in [-0.2, 0) is 35.2 Å². The number of aromatic nitrogens is 1. The molecule has 0 radical (unpaired) electrons. The van der Waals surface area contributed by atoms with E-state index in [4.69, 9.17) is 0 Å². The van der Waals surface area contributed by atoms with Crippen LogP contribution in [0.2, 0.25) is 0 Å². The molecule has 0 aliphatic carbocycles. The summed E-state index contributed by atoms with van der Waals surface area (Å²) in [7, 11) is 0. The van der Waals surface area contributed by atoms with Gasteiger partial charge in [0.25, 0.3) is 0 Å². The van der Waals surface area contributed by atoms with E-state index in [9.17, 15) is 33.9 Å². The summed E-state index contributed by atoms with van der Waals surface area (Å²) in [6.07, 6.45) is 1.36. The number of carboxylic acids is 1. The van der Waals surface area contributed by atoms with Gasteiger partial charge >= 0.3 is 5.97 Å². The molecule has 1 aliphatic heterocycles. The number of amides is 5. The van der Waals surface area contributed by atoms with Crippen LogP contribution in [0.25, 0.3) is 10.9 Å². The summed E-state index contributed by atoms with van der Waals surface area (Å²) in [5, 5.41) is 23.4. The third-order valence-electron chi connectivity index (χ3n) is 7.35. The van der Waals surface area contributed by atoms with Gasteiger partial charge in [-0.05, 0) is 43.2 Å². The maximum atomic E-state index is 13.7. The Bertz CT molecular complexity index is 1350. The number of H-pyrrole nitrogens is 1. The Morgan fingerprint density at radius 2 is 1.40 bits per heavy atom. The van der Waals surface area contributed by atoms with Crippen molar-refractivity contribution in [1.82, 2.24) is 31.6 Å². The third kappa shape index (κ3) is 9.03. The van der Waals surface area contributed by atoms with E-state index in [0.717, 1.165) is 16.5 Å². The number of rotatable bonds is 8. The lowest BCUT2D eigenvalue weighted by atomic mass is 9.98. The minimum atomic E-state index is -1.31. The predicted octanol–water partition coefficient (Wildman–Crippen LogP) is 0.735. The van der Waals surface area contributed by atoms with Crippen LogP contribution >= 0.6 is 0 Å². The first kappa shape index (κ1) is 33.1. The largest absolute Gasteiger partial charge is 0.481 e. The second-order valence-corrected chi connectivity index (χ2v) is 11.8. The summed E-state index contributed by atoms with van der Waals surface area (Å²) in [5.74, 6) is -4.85. The molecule has 7 N–H and O–H groups in total. The molecule has 1 aromatic carbocycles. The molecule has 2 aromatic rings. The van der Waals surface area contributed by atoms with Crippen LogP contribution in [0.3, 0.4) is 0 Å². The molecular formula is C30H42N6O7. The molecule has 5 amide bonds. The van der Waals surface area contributed by atoms with Crippen molar-refractivity contribution >= 4 is 46.4 Å². The number of fused-ring (bicyclic) bond motifs is 1. The van der Waals surface area contributed by atoms with E-state index in [1.807, 2.05) is 38.1 Å². The van der Waals surface area contributed by atoms with Crippen LogP contribution in [0.15, 0.2) is 30.5 Å². The third-order valence-corrected chi connectivity index (χ3v) is 7.35. The summed E-state index contributed by atoms with van der Waals surface area (Å²) in [4.78, 5) is 81.4. The van der Waals surface area contributed by atoms with Crippen molar-refractivity contribution in [3.63, 3.8) is 0 Å². The van der Waals surface area contributed by atoms with Gasteiger partial charge in [-0.15, -0.1) is 0 Å². The summed E-state index contributed by atoms with van der Waals surface area (Å²) in [6, 6.07) is 1.82. The number of hydrogen-bond acceptors (Lipinski definition) is 6. The molecule has 5 atom stereocenters. The molecule has 0 bridgehead atoms. The molecule has 1 fully saturated rings. The SMILES string of the molecule is CC(C)C[C@H]1NC(=O)[C@H](C(C)C)NC(=O)[C@@H](C)NC(=O)[C@H](CCC(=O)O)NC(=O)[C@H](Cc2c[nH]c3ccccc23)NC1=O. The van der Waals surface area contributed by atoms with Crippen LogP contribution < -0.4 is 26.6 Å². The zero-order valence-electron chi connectivity index (χ0n) is 25.2. The standard InChI is InChI=1S/C30H42N6O7/c1-15(2)12-22-28(41)34-23(13-18-14-31-20-9-7-6-8-19(18)20)29(42)33-21(10-11-24(37)38)27(40)32-17(5)26(39)36-25(16(3)4)30(43)35-22/h6-9,14-17,21-23,25,31H,10-13H2,1-5H3,(H,32,40)(H,33,42)(H,34,41)(H,35,43)(H,36,39)(H,37,38)/t17-,21+,22-,23+,25+/m1/s1. The molecule has 0 saturated carbocycles. The minimum absolute atomic E-state index is 0.00615. The Hall–Kier alpha value is -4.42. The normalized spacial score (nSPS) is 24.4. The lowest BCUT2D eigenvalue weighted by Crippen LogP contribution is -2.59. The number of aromatic amines is 1. The van der Waals surface area contributed by atoms with Crippen molar-refractivity contribution < 1.29 is 33.9 Å². The molecule has 1 aromatic heterocycles. The van der Waals surface area contributed by atoms with E-state index in [2.05, 4.69) is 31.6 Å². The number of carbonyl (C=O) groups excluding carboxylic acids is 5. The van der Waals surface area contributed by atoms with E-state index in [-0.39, 0.29) is 31.1 Å². The monoisotopic (exact) mass is 598 g/mol. The minimum Gasteiger partial charge on any atom is -0.481 e. The second-order valence-electron chi connectivity index (χ2n) is 11.8. The zero-order chi connectivity index (χ0) is 31.8. The summed E-state index contributed by atoms with van der Waals surface area (Å²) < 4.78 is 0. The van der Waals surface area contributed by atoms with E-state index in [1.54, 1.807) is 20.0 Å². The molecule has 0 unspecified atom stereocenters. The maximum absolute atomic E-state index is 13.7. The Kier molecular flexibility index (Phi) is 11.3. The molecule has 1 aliphatic rings. The van der Waals surface area contributed by atoms with Gasteiger partial charge in [0.05, 0.1) is 0 Å². The van der Waals surface area contributed by atoms with E-state index in [0.29, 0.717) is 0 Å².